The van der Waals surface area contributed by atoms with Gasteiger partial charge in [-0.2, -0.15) is 4.31 Å². The summed E-state index contributed by atoms with van der Waals surface area (Å²) in [6.07, 6.45) is 2.85. The molecule has 6 rings (SSSR count). The monoisotopic (exact) mass is 761 g/mol. The van der Waals surface area contributed by atoms with E-state index in [-0.39, 0.29) is 23.3 Å². The van der Waals surface area contributed by atoms with Gasteiger partial charge in [0.25, 0.3) is 0 Å². The summed E-state index contributed by atoms with van der Waals surface area (Å²) in [6.45, 7) is 5.22. The van der Waals surface area contributed by atoms with Gasteiger partial charge in [0.1, 0.15) is 27.5 Å². The van der Waals surface area contributed by atoms with Gasteiger partial charge in [-0.05, 0) is 67.3 Å². The van der Waals surface area contributed by atoms with Gasteiger partial charge in [0.2, 0.25) is 10.0 Å². The Labute approximate surface area is 304 Å². The van der Waals surface area contributed by atoms with E-state index in [2.05, 4.69) is 0 Å². The lowest BCUT2D eigenvalue weighted by atomic mass is 9.93. The molecule has 0 radical (unpaired) electrons. The smallest absolute Gasteiger partial charge is 0.326 e. The molecule has 0 aliphatic carbocycles. The van der Waals surface area contributed by atoms with Crippen LogP contribution in [0, 0.1) is 0 Å². The number of sulfone groups is 1. The van der Waals surface area contributed by atoms with Crippen LogP contribution < -0.4 is 4.74 Å². The number of amides is 2. The van der Waals surface area contributed by atoms with Crippen LogP contribution in [0.2, 0.25) is 10.0 Å². The van der Waals surface area contributed by atoms with Gasteiger partial charge in [0.15, 0.2) is 0 Å². The van der Waals surface area contributed by atoms with Crippen LogP contribution in [0.15, 0.2) is 76.6 Å². The molecule has 3 aromatic carbocycles. The van der Waals surface area contributed by atoms with E-state index in [1.807, 2.05) is 36.1 Å². The fraction of sp³-hybridized carbons (Fsp3) is 0.429. The minimum atomic E-state index is -3.74. The van der Waals surface area contributed by atoms with Gasteiger partial charge >= 0.3 is 6.03 Å². The Bertz CT molecular complexity index is 1950. The lowest BCUT2D eigenvalue weighted by molar-refractivity contribution is 0.122. The lowest BCUT2D eigenvalue weighted by Gasteiger charge is -2.39. The highest BCUT2D eigenvalue weighted by molar-refractivity contribution is 7.90. The average Bonchev–Trinajstić information content (AvgIpc) is 3.78. The number of urea groups is 1. The molecule has 11 nitrogen and oxygen atoms in total. The second-order valence-electron chi connectivity index (χ2n) is 12.8. The summed E-state index contributed by atoms with van der Waals surface area (Å²) in [4.78, 5) is 25.7. The molecule has 0 unspecified atom stereocenters. The van der Waals surface area contributed by atoms with E-state index in [1.165, 1.54) is 16.6 Å². The molecule has 0 N–H and O–H groups in total. The number of hydrogen-bond donors (Lipinski definition) is 0. The van der Waals surface area contributed by atoms with Gasteiger partial charge in [-0.15, -0.1) is 0 Å². The van der Waals surface area contributed by atoms with Gasteiger partial charge in [-0.3, -0.25) is 14.8 Å². The summed E-state index contributed by atoms with van der Waals surface area (Å²) in [5.74, 6) is 0.708. The quantitative estimate of drug-likeness (QED) is 0.268. The zero-order valence-corrected chi connectivity index (χ0v) is 31.2. The van der Waals surface area contributed by atoms with Crippen molar-refractivity contribution in [3.8, 4) is 5.75 Å². The predicted molar refractivity (Wildman–Crippen MR) is 195 cm³/mol. The molecule has 2 saturated heterocycles. The number of carbonyl (C=O) groups excluding carboxylic acids is 1. The van der Waals surface area contributed by atoms with Crippen LogP contribution in [0.4, 0.5) is 4.79 Å². The Morgan fingerprint density at radius 2 is 1.44 bits per heavy atom. The minimum absolute atomic E-state index is 0.0506. The molecular formula is C35H41Cl2N5O6S2. The Balaban J connectivity index is 1.44. The molecule has 50 heavy (non-hydrogen) atoms. The summed E-state index contributed by atoms with van der Waals surface area (Å²) in [5, 5.41) is 1.11. The number of amidine groups is 1. The first-order valence-corrected chi connectivity index (χ1v) is 21.0. The number of piperazine rings is 1. The summed E-state index contributed by atoms with van der Waals surface area (Å²) in [7, 11) is -6.87. The van der Waals surface area contributed by atoms with Crippen LogP contribution in [-0.2, 0) is 19.9 Å². The first-order chi connectivity index (χ1) is 23.9. The van der Waals surface area contributed by atoms with E-state index >= 15 is 0 Å². The van der Waals surface area contributed by atoms with Crippen LogP contribution in [0.25, 0.3) is 0 Å². The number of nitrogens with zero attached hydrogens (tertiary/aromatic N) is 5. The molecular weight excluding hydrogens is 721 g/mol. The summed E-state index contributed by atoms with van der Waals surface area (Å²) in [5.41, 5.74) is 2.13. The molecule has 0 aromatic heterocycles. The standard InChI is InChI=1S/C35H41Cl2N5O6S2/c1-3-48-31-24-29(50(46,47)41-16-4-5-17-41)14-15-30(31)34-38-32(25-6-10-27(36)11-7-25)33(26-8-12-28(37)13-9-26)42(34)35(43)40-20-18-39(19-21-40)22-23-49(2,44)45/h6-15,24,32-33H,3-5,16-23H2,1-2H3/t32-,33+/m0/s1. The molecule has 2 atom stereocenters. The van der Waals surface area contributed by atoms with Crippen molar-refractivity contribution in [1.82, 2.24) is 19.0 Å². The number of sulfonamides is 1. The zero-order valence-electron chi connectivity index (χ0n) is 28.0. The molecule has 0 saturated carbocycles. The molecule has 3 aromatic rings. The Morgan fingerprint density at radius 1 is 0.840 bits per heavy atom. The van der Waals surface area contributed by atoms with Crippen molar-refractivity contribution < 1.29 is 26.4 Å². The average molecular weight is 763 g/mol. The number of aliphatic imine (C=N–C) groups is 1. The number of benzene rings is 3. The summed E-state index contributed by atoms with van der Waals surface area (Å²) < 4.78 is 58.3. The summed E-state index contributed by atoms with van der Waals surface area (Å²) >= 11 is 12.6. The molecule has 268 valence electrons. The highest BCUT2D eigenvalue weighted by atomic mass is 35.5. The van der Waals surface area contributed by atoms with Crippen LogP contribution in [0.1, 0.15) is 48.5 Å². The summed E-state index contributed by atoms with van der Waals surface area (Å²) in [6, 6.07) is 18.0. The highest BCUT2D eigenvalue weighted by Gasteiger charge is 2.45. The number of halogens is 2. The van der Waals surface area contributed by atoms with E-state index in [0.29, 0.717) is 73.0 Å². The second kappa shape index (κ2) is 15.2. The van der Waals surface area contributed by atoms with Crippen molar-refractivity contribution in [3.63, 3.8) is 0 Å². The van der Waals surface area contributed by atoms with Gasteiger partial charge < -0.3 is 9.64 Å². The van der Waals surface area contributed by atoms with Crippen molar-refractivity contribution in [3.05, 3.63) is 93.5 Å². The molecule has 0 bridgehead atoms. The highest BCUT2D eigenvalue weighted by Crippen LogP contribution is 2.46. The third-order valence-corrected chi connectivity index (χ3v) is 12.6. The number of hydrogen-bond acceptors (Lipinski definition) is 8. The van der Waals surface area contributed by atoms with Crippen LogP contribution in [0.3, 0.4) is 0 Å². The molecule has 15 heteroatoms. The Hall–Kier alpha value is -3.20. The fourth-order valence-corrected chi connectivity index (χ4v) is 9.04. The van der Waals surface area contributed by atoms with Crippen molar-refractivity contribution in [2.24, 2.45) is 4.99 Å². The molecule has 0 spiro atoms. The maximum atomic E-state index is 14.8. The third-order valence-electron chi connectivity index (χ3n) is 9.31. The maximum Gasteiger partial charge on any atom is 0.326 e. The van der Waals surface area contributed by atoms with Crippen molar-refractivity contribution in [1.29, 1.82) is 0 Å². The zero-order chi connectivity index (χ0) is 35.6. The van der Waals surface area contributed by atoms with Gasteiger partial charge in [-0.1, -0.05) is 47.5 Å². The SMILES string of the molecule is CCOc1cc(S(=O)(=O)N2CCCC2)ccc1C1=N[C@@H](c2ccc(Cl)cc2)[C@@H](c2ccc(Cl)cc2)N1C(=O)N1CCN(CCS(C)(=O)=O)CC1. The minimum Gasteiger partial charge on any atom is -0.493 e. The maximum absolute atomic E-state index is 14.8. The number of carbonyl (C=O) groups is 1. The number of rotatable bonds is 10. The van der Waals surface area contributed by atoms with E-state index in [4.69, 9.17) is 32.9 Å². The molecule has 2 amide bonds. The third kappa shape index (κ3) is 7.98. The second-order valence-corrected chi connectivity index (χ2v) is 17.8. The molecule has 3 aliphatic heterocycles. The van der Waals surface area contributed by atoms with Crippen molar-refractivity contribution >= 4 is 54.9 Å². The van der Waals surface area contributed by atoms with E-state index in [1.54, 1.807) is 46.2 Å². The van der Waals surface area contributed by atoms with Gasteiger partial charge in [-0.25, -0.2) is 21.6 Å². The van der Waals surface area contributed by atoms with Gasteiger partial charge in [0.05, 0.1) is 28.9 Å². The first-order valence-electron chi connectivity index (χ1n) is 16.7. The molecule has 3 aliphatic rings. The topological polar surface area (TPSA) is 120 Å². The first kappa shape index (κ1) is 36.6. The van der Waals surface area contributed by atoms with Crippen LogP contribution in [-0.4, -0.2) is 112 Å². The van der Waals surface area contributed by atoms with Crippen molar-refractivity contribution in [2.75, 3.05) is 64.4 Å². The molecule has 3 heterocycles. The Kier molecular flexibility index (Phi) is 11.1. The fourth-order valence-electron chi connectivity index (χ4n) is 6.66. The Morgan fingerprint density at radius 3 is 2.02 bits per heavy atom. The van der Waals surface area contributed by atoms with Crippen LogP contribution in [0.5, 0.6) is 5.75 Å². The van der Waals surface area contributed by atoms with E-state index in [0.717, 1.165) is 24.0 Å². The lowest BCUT2D eigenvalue weighted by Crippen LogP contribution is -2.54. The van der Waals surface area contributed by atoms with E-state index < -0.39 is 31.9 Å². The van der Waals surface area contributed by atoms with Gasteiger partial charge in [0, 0.05) is 68.2 Å². The largest absolute Gasteiger partial charge is 0.493 e. The molecule has 2 fully saturated rings. The number of ether oxygens (including phenoxy) is 1. The van der Waals surface area contributed by atoms with Crippen molar-refractivity contribution in [2.45, 2.75) is 36.7 Å². The van der Waals surface area contributed by atoms with Crippen LogP contribution >= 0.6 is 23.2 Å². The normalized spacial score (nSPS) is 20.7. The van der Waals surface area contributed by atoms with E-state index in [9.17, 15) is 21.6 Å². The predicted octanol–water partition coefficient (Wildman–Crippen LogP) is 5.50.